The first-order valence-corrected chi connectivity index (χ1v) is 11.6. The lowest BCUT2D eigenvalue weighted by atomic mass is 10.2. The van der Waals surface area contributed by atoms with Crippen LogP contribution in [-0.4, -0.2) is 39.4 Å². The summed E-state index contributed by atoms with van der Waals surface area (Å²) in [6.07, 6.45) is 2.67. The second kappa shape index (κ2) is 11.8. The van der Waals surface area contributed by atoms with Crippen LogP contribution in [0, 0.1) is 0 Å². The van der Waals surface area contributed by atoms with E-state index in [0.717, 1.165) is 17.7 Å². The van der Waals surface area contributed by atoms with Crippen LogP contribution in [0.2, 0.25) is 10.0 Å². The van der Waals surface area contributed by atoms with Crippen LogP contribution in [0.5, 0.6) is 0 Å². The number of aryl methyl sites for hydroxylation is 1. The monoisotopic (exact) mass is 486 g/mol. The maximum absolute atomic E-state index is 13.4. The summed E-state index contributed by atoms with van der Waals surface area (Å²) in [6, 6.07) is 18.3. The molecule has 0 aliphatic heterocycles. The van der Waals surface area contributed by atoms with Gasteiger partial charge in [0.15, 0.2) is 0 Å². The van der Waals surface area contributed by atoms with Crippen LogP contribution in [-0.2, 0) is 24.9 Å². The van der Waals surface area contributed by atoms with Gasteiger partial charge < -0.3 is 19.7 Å². The molecular weight excluding hydrogens is 459 g/mol. The highest BCUT2D eigenvalue weighted by Gasteiger charge is 2.22. The molecule has 0 saturated heterocycles. The van der Waals surface area contributed by atoms with Gasteiger partial charge in [-0.15, -0.1) is 0 Å². The number of urea groups is 1. The SMILES string of the molecule is CCCN(CC(=O)N(Cc1ccccc1)Cc1cccn1C)C(=O)Nc1ccc(Cl)c(Cl)c1. The molecule has 0 atom stereocenters. The fraction of sp³-hybridized carbons (Fsp3) is 0.280. The van der Waals surface area contributed by atoms with Gasteiger partial charge in [-0.05, 0) is 42.3 Å². The Bertz CT molecular complexity index is 1090. The molecule has 2 aromatic carbocycles. The minimum absolute atomic E-state index is 0.0295. The number of rotatable bonds is 9. The predicted molar refractivity (Wildman–Crippen MR) is 133 cm³/mol. The van der Waals surface area contributed by atoms with Crippen LogP contribution < -0.4 is 5.32 Å². The maximum atomic E-state index is 13.4. The molecule has 1 N–H and O–H groups in total. The fourth-order valence-corrected chi connectivity index (χ4v) is 3.75. The second-order valence-electron chi connectivity index (χ2n) is 7.83. The van der Waals surface area contributed by atoms with E-state index in [1.807, 2.05) is 67.2 Å². The molecule has 6 nitrogen and oxygen atoms in total. The number of hydrogen-bond acceptors (Lipinski definition) is 2. The van der Waals surface area contributed by atoms with E-state index in [9.17, 15) is 9.59 Å². The number of halogens is 2. The smallest absolute Gasteiger partial charge is 0.322 e. The Balaban J connectivity index is 1.75. The predicted octanol–water partition coefficient (Wildman–Crippen LogP) is 5.80. The van der Waals surface area contributed by atoms with Gasteiger partial charge >= 0.3 is 6.03 Å². The van der Waals surface area contributed by atoms with E-state index in [0.29, 0.717) is 35.4 Å². The van der Waals surface area contributed by atoms with E-state index in [-0.39, 0.29) is 18.5 Å². The molecule has 0 aliphatic carbocycles. The summed E-state index contributed by atoms with van der Waals surface area (Å²) < 4.78 is 1.99. The molecule has 1 aromatic heterocycles. The summed E-state index contributed by atoms with van der Waals surface area (Å²) in [5.41, 5.74) is 2.57. The number of amides is 3. The van der Waals surface area contributed by atoms with Crippen molar-refractivity contribution in [3.8, 4) is 0 Å². The maximum Gasteiger partial charge on any atom is 0.322 e. The first-order valence-electron chi connectivity index (χ1n) is 10.8. The molecule has 0 unspecified atom stereocenters. The topological polar surface area (TPSA) is 57.6 Å². The van der Waals surface area contributed by atoms with Gasteiger partial charge in [-0.3, -0.25) is 4.79 Å². The highest BCUT2D eigenvalue weighted by atomic mass is 35.5. The van der Waals surface area contributed by atoms with Crippen LogP contribution in [0.3, 0.4) is 0 Å². The molecule has 3 aromatic rings. The van der Waals surface area contributed by atoms with Gasteiger partial charge in [0.1, 0.15) is 6.54 Å². The molecule has 0 fully saturated rings. The Morgan fingerprint density at radius 2 is 1.70 bits per heavy atom. The summed E-state index contributed by atoms with van der Waals surface area (Å²) >= 11 is 12.0. The van der Waals surface area contributed by atoms with E-state index >= 15 is 0 Å². The fourth-order valence-electron chi connectivity index (χ4n) is 3.45. The first-order chi connectivity index (χ1) is 15.9. The van der Waals surface area contributed by atoms with Gasteiger partial charge in [0, 0.05) is 37.7 Å². The van der Waals surface area contributed by atoms with Gasteiger partial charge in [-0.2, -0.15) is 0 Å². The van der Waals surface area contributed by atoms with Crippen molar-refractivity contribution >= 4 is 40.8 Å². The van der Waals surface area contributed by atoms with Gasteiger partial charge in [0.05, 0.1) is 16.6 Å². The molecule has 3 rings (SSSR count). The Hall–Kier alpha value is -2.96. The molecule has 3 amide bonds. The highest BCUT2D eigenvalue weighted by Crippen LogP contribution is 2.25. The zero-order valence-corrected chi connectivity index (χ0v) is 20.3. The lowest BCUT2D eigenvalue weighted by Gasteiger charge is -2.28. The van der Waals surface area contributed by atoms with Crippen molar-refractivity contribution in [2.75, 3.05) is 18.4 Å². The van der Waals surface area contributed by atoms with E-state index in [2.05, 4.69) is 5.32 Å². The Kier molecular flexibility index (Phi) is 8.80. The van der Waals surface area contributed by atoms with E-state index in [4.69, 9.17) is 23.2 Å². The third-order valence-electron chi connectivity index (χ3n) is 5.25. The lowest BCUT2D eigenvalue weighted by molar-refractivity contribution is -0.133. The van der Waals surface area contributed by atoms with Crippen LogP contribution in [0.1, 0.15) is 24.6 Å². The molecule has 174 valence electrons. The number of aromatic nitrogens is 1. The van der Waals surface area contributed by atoms with Crippen molar-refractivity contribution in [2.24, 2.45) is 7.05 Å². The van der Waals surface area contributed by atoms with Crippen LogP contribution in [0.4, 0.5) is 10.5 Å². The average molecular weight is 487 g/mol. The standard InChI is InChI=1S/C25H28Cl2N4O2/c1-3-13-30(25(33)28-20-11-12-22(26)23(27)15-20)18-24(32)31(16-19-8-5-4-6-9-19)17-21-10-7-14-29(21)2/h4-12,14-15H,3,13,16-18H2,1-2H3,(H,28,33). The third-order valence-corrected chi connectivity index (χ3v) is 5.99. The summed E-state index contributed by atoms with van der Waals surface area (Å²) in [7, 11) is 1.95. The van der Waals surface area contributed by atoms with Crippen molar-refractivity contribution in [3.63, 3.8) is 0 Å². The molecule has 1 heterocycles. The summed E-state index contributed by atoms with van der Waals surface area (Å²) in [5.74, 6) is -0.127. The average Bonchev–Trinajstić information content (AvgIpc) is 3.20. The first kappa shape index (κ1) is 24.7. The zero-order chi connectivity index (χ0) is 23.8. The lowest BCUT2D eigenvalue weighted by Crippen LogP contribution is -2.44. The minimum Gasteiger partial charge on any atom is -0.353 e. The molecular formula is C25H28Cl2N4O2. The largest absolute Gasteiger partial charge is 0.353 e. The van der Waals surface area contributed by atoms with Gasteiger partial charge in [-0.1, -0.05) is 60.5 Å². The zero-order valence-electron chi connectivity index (χ0n) is 18.8. The number of nitrogens with one attached hydrogen (secondary N) is 1. The van der Waals surface area contributed by atoms with Crippen molar-refractivity contribution in [1.82, 2.24) is 14.4 Å². The Morgan fingerprint density at radius 3 is 2.33 bits per heavy atom. The Morgan fingerprint density at radius 1 is 0.939 bits per heavy atom. The molecule has 0 spiro atoms. The molecule has 0 radical (unpaired) electrons. The van der Waals surface area contributed by atoms with Crippen molar-refractivity contribution in [1.29, 1.82) is 0 Å². The van der Waals surface area contributed by atoms with Crippen LogP contribution in [0.25, 0.3) is 0 Å². The van der Waals surface area contributed by atoms with Gasteiger partial charge in [0.25, 0.3) is 0 Å². The van der Waals surface area contributed by atoms with E-state index in [1.165, 1.54) is 4.90 Å². The number of nitrogens with zero attached hydrogens (tertiary/aromatic N) is 3. The van der Waals surface area contributed by atoms with Gasteiger partial charge in [-0.25, -0.2) is 4.79 Å². The van der Waals surface area contributed by atoms with Gasteiger partial charge in [0.2, 0.25) is 5.91 Å². The quantitative estimate of drug-likeness (QED) is 0.415. The molecule has 0 aliphatic rings. The highest BCUT2D eigenvalue weighted by molar-refractivity contribution is 6.42. The normalized spacial score (nSPS) is 10.7. The van der Waals surface area contributed by atoms with Crippen LogP contribution in [0.15, 0.2) is 66.9 Å². The van der Waals surface area contributed by atoms with Crippen molar-refractivity contribution in [2.45, 2.75) is 26.4 Å². The third kappa shape index (κ3) is 7.01. The number of carbonyl (C=O) groups excluding carboxylic acids is 2. The molecule has 8 heteroatoms. The molecule has 33 heavy (non-hydrogen) atoms. The molecule has 0 saturated carbocycles. The number of benzene rings is 2. The summed E-state index contributed by atoms with van der Waals surface area (Å²) in [6.45, 7) is 3.29. The summed E-state index contributed by atoms with van der Waals surface area (Å²) in [4.78, 5) is 29.6. The van der Waals surface area contributed by atoms with E-state index in [1.54, 1.807) is 23.1 Å². The number of hydrogen-bond donors (Lipinski definition) is 1. The van der Waals surface area contributed by atoms with E-state index < -0.39 is 0 Å². The van der Waals surface area contributed by atoms with Crippen molar-refractivity contribution in [3.05, 3.63) is 88.2 Å². The Labute approximate surface area is 204 Å². The second-order valence-corrected chi connectivity index (χ2v) is 8.64. The summed E-state index contributed by atoms with van der Waals surface area (Å²) in [5, 5.41) is 3.57. The number of carbonyl (C=O) groups is 2. The van der Waals surface area contributed by atoms with Crippen molar-refractivity contribution < 1.29 is 9.59 Å². The van der Waals surface area contributed by atoms with Crippen LogP contribution >= 0.6 is 23.2 Å². The minimum atomic E-state index is -0.359. The molecule has 0 bridgehead atoms. The number of anilines is 1.